The van der Waals surface area contributed by atoms with Crippen LogP contribution in [0.1, 0.15) is 33.3 Å². The molecular formula is C14H21F2NO. The molecule has 1 aromatic carbocycles. The predicted octanol–water partition coefficient (Wildman–Crippen LogP) is 2.65. The lowest BCUT2D eigenvalue weighted by Crippen LogP contribution is -2.47. The lowest BCUT2D eigenvalue weighted by molar-refractivity contribution is 0.0525. The molecule has 18 heavy (non-hydrogen) atoms. The molecule has 4 heteroatoms. The summed E-state index contributed by atoms with van der Waals surface area (Å²) in [5, 5.41) is 13.3. The third-order valence-electron chi connectivity index (χ3n) is 2.60. The van der Waals surface area contributed by atoms with Crippen molar-refractivity contribution in [2.45, 2.75) is 45.3 Å². The highest BCUT2D eigenvalue weighted by Gasteiger charge is 2.25. The molecule has 0 aliphatic carbocycles. The summed E-state index contributed by atoms with van der Waals surface area (Å²) in [5.74, 6) is -1.76. The van der Waals surface area contributed by atoms with Crippen molar-refractivity contribution in [3.63, 3.8) is 0 Å². The maximum atomic E-state index is 13.5. The third kappa shape index (κ3) is 4.70. The first-order chi connectivity index (χ1) is 8.11. The van der Waals surface area contributed by atoms with Gasteiger partial charge in [-0.3, -0.25) is 0 Å². The highest BCUT2D eigenvalue weighted by Crippen LogP contribution is 2.18. The average molecular weight is 257 g/mol. The third-order valence-corrected chi connectivity index (χ3v) is 2.60. The topological polar surface area (TPSA) is 32.3 Å². The van der Waals surface area contributed by atoms with Gasteiger partial charge in [-0.05, 0) is 39.3 Å². The van der Waals surface area contributed by atoms with E-state index in [1.807, 2.05) is 20.8 Å². The molecule has 0 saturated carbocycles. The van der Waals surface area contributed by atoms with Crippen LogP contribution in [0.4, 0.5) is 8.78 Å². The Bertz CT molecular complexity index is 411. The Kier molecular flexibility index (Phi) is 4.46. The van der Waals surface area contributed by atoms with E-state index in [9.17, 15) is 13.9 Å². The van der Waals surface area contributed by atoms with E-state index in [0.717, 1.165) is 6.07 Å². The van der Waals surface area contributed by atoms with Gasteiger partial charge in [0.1, 0.15) is 0 Å². The quantitative estimate of drug-likeness (QED) is 0.869. The van der Waals surface area contributed by atoms with Crippen LogP contribution in [-0.2, 0) is 6.42 Å². The average Bonchev–Trinajstić information content (AvgIpc) is 2.21. The van der Waals surface area contributed by atoms with Crippen molar-refractivity contribution >= 4 is 0 Å². The SMILES string of the molecule is CC(O)(CNC(C)(C)C)Cc1cccc(F)c1F. The van der Waals surface area contributed by atoms with Crippen molar-refractivity contribution in [3.8, 4) is 0 Å². The van der Waals surface area contributed by atoms with Crippen molar-refractivity contribution in [1.29, 1.82) is 0 Å². The number of aliphatic hydroxyl groups is 1. The molecule has 2 N–H and O–H groups in total. The largest absolute Gasteiger partial charge is 0.389 e. The zero-order valence-corrected chi connectivity index (χ0v) is 11.3. The summed E-state index contributed by atoms with van der Waals surface area (Å²) in [6, 6.07) is 4.01. The minimum absolute atomic E-state index is 0.0691. The van der Waals surface area contributed by atoms with Gasteiger partial charge >= 0.3 is 0 Å². The minimum atomic E-state index is -1.12. The van der Waals surface area contributed by atoms with E-state index in [1.165, 1.54) is 12.1 Å². The van der Waals surface area contributed by atoms with Crippen LogP contribution in [0.5, 0.6) is 0 Å². The van der Waals surface area contributed by atoms with Crippen LogP contribution < -0.4 is 5.32 Å². The second-order valence-electron chi connectivity index (χ2n) is 5.99. The van der Waals surface area contributed by atoms with E-state index >= 15 is 0 Å². The van der Waals surface area contributed by atoms with E-state index in [-0.39, 0.29) is 17.5 Å². The lowest BCUT2D eigenvalue weighted by Gasteiger charge is -2.29. The van der Waals surface area contributed by atoms with Gasteiger partial charge in [0.15, 0.2) is 11.6 Å². The summed E-state index contributed by atoms with van der Waals surface area (Å²) in [6.07, 6.45) is 0.0691. The van der Waals surface area contributed by atoms with Crippen molar-refractivity contribution < 1.29 is 13.9 Å². The molecule has 0 bridgehead atoms. The van der Waals surface area contributed by atoms with Crippen LogP contribution in [0.15, 0.2) is 18.2 Å². The Balaban J connectivity index is 2.73. The Morgan fingerprint density at radius 1 is 1.17 bits per heavy atom. The molecule has 2 nitrogen and oxygen atoms in total. The van der Waals surface area contributed by atoms with E-state index in [1.54, 1.807) is 6.92 Å². The van der Waals surface area contributed by atoms with Gasteiger partial charge in [0, 0.05) is 18.5 Å². The summed E-state index contributed by atoms with van der Waals surface area (Å²) in [6.45, 7) is 7.85. The number of hydrogen-bond acceptors (Lipinski definition) is 2. The number of hydrogen-bond donors (Lipinski definition) is 2. The van der Waals surface area contributed by atoms with Gasteiger partial charge < -0.3 is 10.4 Å². The van der Waals surface area contributed by atoms with Crippen molar-refractivity contribution in [2.75, 3.05) is 6.54 Å². The monoisotopic (exact) mass is 257 g/mol. The molecule has 1 rings (SSSR count). The minimum Gasteiger partial charge on any atom is -0.389 e. The standard InChI is InChI=1S/C14H21F2NO/c1-13(2,3)17-9-14(4,18)8-10-6-5-7-11(15)12(10)16/h5-7,17-18H,8-9H2,1-4H3. The number of nitrogens with one attached hydrogen (secondary N) is 1. The summed E-state index contributed by atoms with van der Waals surface area (Å²) < 4.78 is 26.6. The second kappa shape index (κ2) is 5.33. The molecule has 102 valence electrons. The maximum absolute atomic E-state index is 13.5. The summed E-state index contributed by atoms with van der Waals surface area (Å²) in [4.78, 5) is 0. The van der Waals surface area contributed by atoms with Crippen LogP contribution in [-0.4, -0.2) is 22.8 Å². The molecule has 0 heterocycles. The van der Waals surface area contributed by atoms with Gasteiger partial charge in [-0.25, -0.2) is 8.78 Å². The highest BCUT2D eigenvalue weighted by molar-refractivity contribution is 5.20. The van der Waals surface area contributed by atoms with Gasteiger partial charge in [0.2, 0.25) is 0 Å². The summed E-state index contributed by atoms with van der Waals surface area (Å²) in [7, 11) is 0. The molecule has 0 radical (unpaired) electrons. The fourth-order valence-corrected chi connectivity index (χ4v) is 1.61. The molecule has 0 spiro atoms. The van der Waals surface area contributed by atoms with Crippen LogP contribution in [0, 0.1) is 11.6 Å². The van der Waals surface area contributed by atoms with E-state index in [0.29, 0.717) is 6.54 Å². The first-order valence-corrected chi connectivity index (χ1v) is 6.01. The Hall–Kier alpha value is -1.00. The molecule has 1 aromatic rings. The predicted molar refractivity (Wildman–Crippen MR) is 68.4 cm³/mol. The van der Waals surface area contributed by atoms with Crippen LogP contribution in [0.2, 0.25) is 0 Å². The fraction of sp³-hybridized carbons (Fsp3) is 0.571. The first kappa shape index (κ1) is 15.1. The molecule has 1 atom stereocenters. The fourth-order valence-electron chi connectivity index (χ4n) is 1.61. The van der Waals surface area contributed by atoms with Crippen molar-refractivity contribution in [2.24, 2.45) is 0 Å². The Morgan fingerprint density at radius 2 is 1.78 bits per heavy atom. The molecule has 0 amide bonds. The van der Waals surface area contributed by atoms with Gasteiger partial charge in [-0.15, -0.1) is 0 Å². The van der Waals surface area contributed by atoms with Crippen molar-refractivity contribution in [1.82, 2.24) is 5.32 Å². The number of rotatable bonds is 4. The van der Waals surface area contributed by atoms with Gasteiger partial charge in [0.25, 0.3) is 0 Å². The van der Waals surface area contributed by atoms with Crippen molar-refractivity contribution in [3.05, 3.63) is 35.4 Å². The highest BCUT2D eigenvalue weighted by atomic mass is 19.2. The maximum Gasteiger partial charge on any atom is 0.162 e. The lowest BCUT2D eigenvalue weighted by atomic mass is 9.95. The number of β-amino-alcohol motifs (C(OH)–C–C–N with tert-alkyl or cyclic N) is 1. The van der Waals surface area contributed by atoms with Gasteiger partial charge in [-0.1, -0.05) is 12.1 Å². The van der Waals surface area contributed by atoms with Crippen LogP contribution >= 0.6 is 0 Å². The first-order valence-electron chi connectivity index (χ1n) is 6.01. The Morgan fingerprint density at radius 3 is 2.33 bits per heavy atom. The van der Waals surface area contributed by atoms with E-state index < -0.39 is 17.2 Å². The Labute approximate surface area is 107 Å². The van der Waals surface area contributed by atoms with Crippen LogP contribution in [0.3, 0.4) is 0 Å². The van der Waals surface area contributed by atoms with Gasteiger partial charge in [0.05, 0.1) is 5.60 Å². The van der Waals surface area contributed by atoms with E-state index in [2.05, 4.69) is 5.32 Å². The summed E-state index contributed by atoms with van der Waals surface area (Å²) in [5.41, 5.74) is -1.07. The molecule has 1 unspecified atom stereocenters. The molecule has 0 aromatic heterocycles. The number of benzene rings is 1. The van der Waals surface area contributed by atoms with E-state index in [4.69, 9.17) is 0 Å². The zero-order valence-electron chi connectivity index (χ0n) is 11.3. The van der Waals surface area contributed by atoms with Gasteiger partial charge in [-0.2, -0.15) is 0 Å². The molecule has 0 aliphatic heterocycles. The molecule has 0 fully saturated rings. The second-order valence-corrected chi connectivity index (χ2v) is 5.99. The summed E-state index contributed by atoms with van der Waals surface area (Å²) >= 11 is 0. The zero-order chi connectivity index (χ0) is 14.0. The van der Waals surface area contributed by atoms with Crippen LogP contribution in [0.25, 0.3) is 0 Å². The molecular weight excluding hydrogens is 236 g/mol. The molecule has 0 saturated heterocycles. The number of halogens is 2. The molecule has 0 aliphatic rings. The smallest absolute Gasteiger partial charge is 0.162 e. The normalized spacial score (nSPS) is 15.5.